The topological polar surface area (TPSA) is 189 Å². The van der Waals surface area contributed by atoms with Crippen molar-refractivity contribution < 1.29 is 57.0 Å². The van der Waals surface area contributed by atoms with Crippen LogP contribution in [-0.4, -0.2) is 137 Å². The number of hydrogen-bond donors (Lipinski definition) is 4. The first kappa shape index (κ1) is 52.2. The largest absolute Gasteiger partial charge is 0.379 e. The van der Waals surface area contributed by atoms with Gasteiger partial charge in [-0.25, -0.2) is 0 Å². The Morgan fingerprint density at radius 1 is 0.661 bits per heavy atom. The Kier molecular flexibility index (Phi) is 24.0. The van der Waals surface area contributed by atoms with Gasteiger partial charge in [0.25, 0.3) is 0 Å². The number of Topliss-reactive ketones (excluding diaryl/α,β-unsaturated/α-hetero) is 1. The molecule has 59 heavy (non-hydrogen) atoms. The van der Waals surface area contributed by atoms with Gasteiger partial charge in [0.05, 0.1) is 63.9 Å². The third-order valence-corrected chi connectivity index (χ3v) is 14.3. The highest BCUT2D eigenvalue weighted by atomic mass is 32.5. The Balaban J connectivity index is 2.14. The number of ketones is 1. The minimum Gasteiger partial charge on any atom is -0.379 e. The highest BCUT2D eigenvalue weighted by Crippen LogP contribution is 2.75. The molecule has 0 aromatic rings. The Hall–Kier alpha value is -2.91. The molecule has 3 amide bonds. The number of rotatable bonds is 35. The van der Waals surface area contributed by atoms with E-state index in [0.717, 1.165) is 0 Å². The van der Waals surface area contributed by atoms with Crippen LogP contribution in [0.5, 0.6) is 0 Å². The van der Waals surface area contributed by atoms with Crippen LogP contribution in [0.2, 0.25) is 0 Å². The minimum absolute atomic E-state index is 0.0195. The fourth-order valence-corrected chi connectivity index (χ4v) is 8.17. The molecular formula is C42H66N3O12PS. The molecule has 0 aromatic heterocycles. The lowest BCUT2D eigenvalue weighted by molar-refractivity contribution is -0.238. The van der Waals surface area contributed by atoms with Crippen molar-refractivity contribution in [2.45, 2.75) is 108 Å². The van der Waals surface area contributed by atoms with Crippen molar-refractivity contribution >= 4 is 41.8 Å². The van der Waals surface area contributed by atoms with Crippen molar-refractivity contribution in [1.29, 1.82) is 0 Å². The molecule has 1 atom stereocenters. The normalized spacial score (nSPS) is 19.1. The molecule has 15 nitrogen and oxygen atoms in total. The molecule has 2 bridgehead atoms. The van der Waals surface area contributed by atoms with Gasteiger partial charge in [-0.15, -0.1) is 19.3 Å². The first-order valence-corrected chi connectivity index (χ1v) is 22.9. The van der Waals surface area contributed by atoms with Crippen LogP contribution in [0, 0.1) is 42.4 Å². The van der Waals surface area contributed by atoms with E-state index in [0.29, 0.717) is 71.9 Å². The van der Waals surface area contributed by atoms with E-state index in [2.05, 4.69) is 33.7 Å². The molecular weight excluding hydrogens is 802 g/mol. The number of carbonyl (C=O) groups is 4. The Morgan fingerprint density at radius 3 is 1.53 bits per heavy atom. The number of hydrogen-bond acceptors (Lipinski definition) is 12. The van der Waals surface area contributed by atoms with Crippen LogP contribution in [0.25, 0.3) is 0 Å². The number of terminal acetylenes is 3. The molecule has 17 heteroatoms. The van der Waals surface area contributed by atoms with E-state index in [1.807, 2.05) is 20.8 Å². The molecule has 0 aliphatic heterocycles. The summed E-state index contributed by atoms with van der Waals surface area (Å²) >= 11 is 5.50. The van der Waals surface area contributed by atoms with E-state index in [-0.39, 0.29) is 115 Å². The summed E-state index contributed by atoms with van der Waals surface area (Å²) in [4.78, 5) is 64.7. The molecule has 3 rings (SSSR count). The van der Waals surface area contributed by atoms with Crippen molar-refractivity contribution in [3.05, 3.63) is 0 Å². The quantitative estimate of drug-likeness (QED) is 0.0414. The highest BCUT2D eigenvalue weighted by Gasteiger charge is 2.74. The van der Waals surface area contributed by atoms with Crippen molar-refractivity contribution in [2.24, 2.45) is 5.41 Å². The van der Waals surface area contributed by atoms with Crippen LogP contribution >= 0.6 is 6.49 Å². The Labute approximate surface area is 356 Å². The zero-order valence-electron chi connectivity index (χ0n) is 35.2. The molecule has 0 aromatic carbocycles. The highest BCUT2D eigenvalue weighted by molar-refractivity contribution is 8.10. The maximum Gasteiger partial charge on any atom is 0.226 e. The van der Waals surface area contributed by atoms with Gasteiger partial charge in [-0.1, -0.05) is 38.5 Å². The smallest absolute Gasteiger partial charge is 0.226 e. The van der Waals surface area contributed by atoms with Crippen LogP contribution in [0.4, 0.5) is 0 Å². The Bertz CT molecular complexity index is 1380. The lowest BCUT2D eigenvalue weighted by Gasteiger charge is -2.69. The van der Waals surface area contributed by atoms with Gasteiger partial charge in [0.2, 0.25) is 17.7 Å². The average Bonchev–Trinajstić information content (AvgIpc) is 3.15. The summed E-state index contributed by atoms with van der Waals surface area (Å²) in [5.41, 5.74) is -2.48. The summed E-state index contributed by atoms with van der Waals surface area (Å²) in [5, 5.41) is 8.31. The zero-order chi connectivity index (χ0) is 43.7. The molecule has 0 heterocycles. The summed E-state index contributed by atoms with van der Waals surface area (Å²) in [6.07, 6.45) is 18.2. The van der Waals surface area contributed by atoms with Gasteiger partial charge in [-0.2, -0.15) is 0 Å². The summed E-state index contributed by atoms with van der Waals surface area (Å²) in [7, 11) is 0. The second kappa shape index (κ2) is 27.1. The van der Waals surface area contributed by atoms with E-state index in [1.165, 1.54) is 0 Å². The van der Waals surface area contributed by atoms with Gasteiger partial charge >= 0.3 is 0 Å². The molecule has 332 valence electrons. The number of nitrogens with one attached hydrogen (secondary N) is 3. The fourth-order valence-electron chi connectivity index (χ4n) is 6.70. The zero-order valence-corrected chi connectivity index (χ0v) is 36.9. The lowest BCUT2D eigenvalue weighted by atomic mass is 9.41. The summed E-state index contributed by atoms with van der Waals surface area (Å²) in [5.74, 6) is 6.33. The molecule has 0 spiro atoms. The van der Waals surface area contributed by atoms with Crippen molar-refractivity contribution in [2.75, 3.05) is 92.4 Å². The lowest BCUT2D eigenvalue weighted by Crippen LogP contribution is -2.74. The predicted octanol–water partition coefficient (Wildman–Crippen LogP) is 2.80. The minimum atomic E-state index is -3.15. The van der Waals surface area contributed by atoms with Gasteiger partial charge in [0, 0.05) is 56.1 Å². The van der Waals surface area contributed by atoms with Crippen LogP contribution in [0.3, 0.4) is 0 Å². The van der Waals surface area contributed by atoms with E-state index in [9.17, 15) is 24.1 Å². The Morgan fingerprint density at radius 2 is 1.08 bits per heavy atom. The first-order chi connectivity index (χ1) is 28.1. The molecule has 0 radical (unpaired) electrons. The van der Waals surface area contributed by atoms with Crippen LogP contribution < -0.4 is 16.0 Å². The molecule has 3 aliphatic carbocycles. The molecule has 1 unspecified atom stereocenters. The molecule has 3 saturated carbocycles. The van der Waals surface area contributed by atoms with Crippen molar-refractivity contribution in [1.82, 2.24) is 16.0 Å². The molecule has 3 aliphatic rings. The summed E-state index contributed by atoms with van der Waals surface area (Å²) < 4.78 is 38.3. The van der Waals surface area contributed by atoms with E-state index in [4.69, 9.17) is 64.0 Å². The number of amides is 3. The van der Waals surface area contributed by atoms with Crippen molar-refractivity contribution in [3.8, 4) is 37.0 Å². The standard InChI is InChI=1S/C42H66N3O12PS/c1-7-20-51-26-29-54-23-10-11-35(46)12-15-41(16-13-36(47)43-18-24-55-30-27-52-21-8-2,17-14-37(48)44-19-25-56-31-28-53-22-9-3)45-38(49)40-32-42(33-40,34-40)57-58(50,59)39(4,5)6/h1-3H,10-34H2,4-6H3,(H,43,47)(H,44,48)(H,45,49)(H,50,59). The molecule has 3 fully saturated rings. The third-order valence-electron chi connectivity index (χ3n) is 10.1. The van der Waals surface area contributed by atoms with Crippen LogP contribution in [0.1, 0.15) is 91.4 Å². The van der Waals surface area contributed by atoms with Gasteiger partial charge in [0.15, 0.2) is 6.49 Å². The molecule has 0 saturated heterocycles. The third kappa shape index (κ3) is 19.6. The first-order valence-electron chi connectivity index (χ1n) is 20.3. The second-order valence-corrected chi connectivity index (χ2v) is 20.0. The summed E-state index contributed by atoms with van der Waals surface area (Å²) in [6, 6.07) is 0. The van der Waals surface area contributed by atoms with E-state index < -0.39 is 28.2 Å². The van der Waals surface area contributed by atoms with Crippen molar-refractivity contribution in [3.63, 3.8) is 0 Å². The number of ether oxygens (including phenoxy) is 6. The average molecular weight is 868 g/mol. The van der Waals surface area contributed by atoms with E-state index >= 15 is 0 Å². The number of carbonyl (C=O) groups excluding carboxylic acids is 4. The van der Waals surface area contributed by atoms with Gasteiger partial charge in [-0.05, 0) is 56.8 Å². The molecule has 4 N–H and O–H groups in total. The monoisotopic (exact) mass is 867 g/mol. The summed E-state index contributed by atoms with van der Waals surface area (Å²) in [6.45, 7) is 6.34. The SMILES string of the molecule is C#CCOCCOCCCC(=O)CCC(CCC(=O)NCCOCCOCC#C)(CCC(=O)NCCOCCOCC#C)NC(=O)C12CC(OP(O)(=S)C(C)(C)C)(C1)C2. The van der Waals surface area contributed by atoms with Gasteiger partial charge < -0.3 is 53.8 Å². The second-order valence-electron chi connectivity index (χ2n) is 16.0. The maximum absolute atomic E-state index is 14.2. The van der Waals surface area contributed by atoms with Gasteiger partial charge in [0.1, 0.15) is 25.6 Å². The van der Waals surface area contributed by atoms with Crippen LogP contribution in [0.15, 0.2) is 0 Å². The fraction of sp³-hybridized carbons (Fsp3) is 0.762. The van der Waals surface area contributed by atoms with Gasteiger partial charge in [-0.3, -0.25) is 19.2 Å². The van der Waals surface area contributed by atoms with E-state index in [1.54, 1.807) is 0 Å². The maximum atomic E-state index is 14.2. The predicted molar refractivity (Wildman–Crippen MR) is 227 cm³/mol. The van der Waals surface area contributed by atoms with Crippen LogP contribution in [-0.2, 0) is 63.9 Å².